The average molecular weight is 324 g/mol. The molecule has 3 aromatic rings. The molecule has 23 heavy (non-hydrogen) atoms. The second kappa shape index (κ2) is 5.02. The highest BCUT2D eigenvalue weighted by molar-refractivity contribution is 8.00. The van der Waals surface area contributed by atoms with Crippen molar-refractivity contribution < 1.29 is 9.52 Å². The van der Waals surface area contributed by atoms with Crippen molar-refractivity contribution in [1.29, 1.82) is 0 Å². The molecule has 2 fully saturated rings. The Balaban J connectivity index is 1.70. The number of fused-ring (bicyclic) bond motifs is 5. The lowest BCUT2D eigenvalue weighted by Gasteiger charge is -2.44. The maximum absolute atomic E-state index is 11.5. The minimum atomic E-state index is -0.742. The average Bonchev–Trinajstić information content (AvgIpc) is 2.93. The molecule has 5 rings (SSSR count). The van der Waals surface area contributed by atoms with E-state index in [0.717, 1.165) is 40.3 Å². The van der Waals surface area contributed by atoms with Gasteiger partial charge in [0.1, 0.15) is 11.2 Å². The molecule has 3 heteroatoms. The summed E-state index contributed by atoms with van der Waals surface area (Å²) in [6.07, 6.45) is 5.49. The fourth-order valence-electron chi connectivity index (χ4n) is 4.45. The van der Waals surface area contributed by atoms with Gasteiger partial charge >= 0.3 is 0 Å². The zero-order valence-electron chi connectivity index (χ0n) is 13.0. The monoisotopic (exact) mass is 324 g/mol. The van der Waals surface area contributed by atoms with Crippen LogP contribution in [0, 0.1) is 0 Å². The summed E-state index contributed by atoms with van der Waals surface area (Å²) in [6.45, 7) is 0. The number of hydrogen-bond acceptors (Lipinski definition) is 3. The second-order valence-electron chi connectivity index (χ2n) is 7.03. The summed E-state index contributed by atoms with van der Waals surface area (Å²) < 4.78 is 6.16. The molecule has 3 heterocycles. The molecular weight excluding hydrogens is 304 g/mol. The number of thioether (sulfide) groups is 1. The highest BCUT2D eigenvalue weighted by atomic mass is 32.2. The summed E-state index contributed by atoms with van der Waals surface area (Å²) in [5.41, 5.74) is 2.03. The van der Waals surface area contributed by atoms with E-state index >= 15 is 0 Å². The molecule has 0 saturated carbocycles. The molecule has 2 nitrogen and oxygen atoms in total. The van der Waals surface area contributed by atoms with Crippen molar-refractivity contribution in [3.63, 3.8) is 0 Å². The van der Waals surface area contributed by atoms with E-state index in [1.54, 1.807) is 0 Å². The van der Waals surface area contributed by atoms with Crippen LogP contribution in [0.5, 0.6) is 0 Å². The molecule has 2 aliphatic heterocycles. The molecule has 1 aromatic heterocycles. The predicted octanol–water partition coefficient (Wildman–Crippen LogP) is 5.22. The molecule has 2 atom stereocenters. The van der Waals surface area contributed by atoms with Crippen molar-refractivity contribution in [2.75, 3.05) is 0 Å². The molecule has 1 N–H and O–H groups in total. The Hall–Kier alpha value is -1.45. The number of aliphatic hydroxyl groups is 1. The molecule has 0 spiro atoms. The van der Waals surface area contributed by atoms with Gasteiger partial charge in [0, 0.05) is 26.8 Å². The molecule has 2 unspecified atom stereocenters. The molecule has 118 valence electrons. The van der Waals surface area contributed by atoms with E-state index in [1.807, 2.05) is 18.2 Å². The van der Waals surface area contributed by atoms with Gasteiger partial charge < -0.3 is 9.52 Å². The minimum absolute atomic E-state index is 0.590. The number of benzene rings is 2. The molecule has 2 aromatic carbocycles. The zero-order valence-corrected chi connectivity index (χ0v) is 13.8. The fourth-order valence-corrected chi connectivity index (χ4v) is 6.35. The fraction of sp³-hybridized carbons (Fsp3) is 0.400. The second-order valence-corrected chi connectivity index (χ2v) is 8.64. The summed E-state index contributed by atoms with van der Waals surface area (Å²) in [4.78, 5) is 0. The lowest BCUT2D eigenvalue weighted by Crippen LogP contribution is -2.40. The minimum Gasteiger partial charge on any atom is -0.456 e. The first kappa shape index (κ1) is 13.9. The van der Waals surface area contributed by atoms with Crippen LogP contribution in [0.1, 0.15) is 37.7 Å². The van der Waals surface area contributed by atoms with Gasteiger partial charge in [-0.25, -0.2) is 0 Å². The van der Waals surface area contributed by atoms with Gasteiger partial charge in [-0.05, 0) is 31.7 Å². The summed E-state index contributed by atoms with van der Waals surface area (Å²) in [7, 11) is 0. The Morgan fingerprint density at radius 3 is 2.52 bits per heavy atom. The van der Waals surface area contributed by atoms with E-state index in [1.165, 1.54) is 19.3 Å². The summed E-state index contributed by atoms with van der Waals surface area (Å²) >= 11 is 2.09. The van der Waals surface area contributed by atoms with E-state index in [0.29, 0.717) is 10.5 Å². The Morgan fingerprint density at radius 2 is 1.70 bits per heavy atom. The van der Waals surface area contributed by atoms with E-state index in [-0.39, 0.29) is 0 Å². The first-order valence-electron chi connectivity index (χ1n) is 8.51. The van der Waals surface area contributed by atoms with Gasteiger partial charge in [0.15, 0.2) is 0 Å². The molecule has 0 radical (unpaired) electrons. The number of hydrogen-bond donors (Lipinski definition) is 1. The lowest BCUT2D eigenvalue weighted by atomic mass is 9.80. The van der Waals surface area contributed by atoms with E-state index in [4.69, 9.17) is 4.42 Å². The molecule has 2 aliphatic rings. The third-order valence-electron chi connectivity index (χ3n) is 5.47. The Bertz CT molecular complexity index is 870. The normalized spacial score (nSPS) is 30.8. The van der Waals surface area contributed by atoms with Gasteiger partial charge in [-0.2, -0.15) is 11.8 Å². The maximum Gasteiger partial charge on any atom is 0.141 e. The first-order chi connectivity index (χ1) is 11.2. The zero-order chi connectivity index (χ0) is 15.4. The van der Waals surface area contributed by atoms with Crippen LogP contribution >= 0.6 is 11.8 Å². The van der Waals surface area contributed by atoms with Gasteiger partial charge in [0.05, 0.1) is 5.60 Å². The van der Waals surface area contributed by atoms with Crippen molar-refractivity contribution in [3.05, 3.63) is 48.0 Å². The van der Waals surface area contributed by atoms with E-state index in [2.05, 4.69) is 36.0 Å². The predicted molar refractivity (Wildman–Crippen MR) is 95.9 cm³/mol. The third kappa shape index (κ3) is 2.14. The van der Waals surface area contributed by atoms with Crippen molar-refractivity contribution >= 4 is 33.7 Å². The van der Waals surface area contributed by atoms with E-state index < -0.39 is 5.60 Å². The van der Waals surface area contributed by atoms with Crippen LogP contribution in [0.15, 0.2) is 46.9 Å². The Morgan fingerprint density at radius 1 is 0.957 bits per heavy atom. The highest BCUT2D eigenvalue weighted by Crippen LogP contribution is 2.51. The largest absolute Gasteiger partial charge is 0.456 e. The SMILES string of the molecule is OC1(c2cccc3c2oc2ccccc23)CC2CCCC(C1)S2. The summed E-state index contributed by atoms with van der Waals surface area (Å²) in [5, 5.41) is 14.9. The molecule has 0 amide bonds. The van der Waals surface area contributed by atoms with Crippen LogP contribution in [-0.4, -0.2) is 15.6 Å². The van der Waals surface area contributed by atoms with Gasteiger partial charge in [-0.3, -0.25) is 0 Å². The number of rotatable bonds is 1. The molecule has 2 bridgehead atoms. The molecule has 0 aliphatic carbocycles. The maximum atomic E-state index is 11.5. The van der Waals surface area contributed by atoms with E-state index in [9.17, 15) is 5.11 Å². The van der Waals surface area contributed by atoms with Gasteiger partial charge in [-0.1, -0.05) is 42.8 Å². The smallest absolute Gasteiger partial charge is 0.141 e. The highest BCUT2D eigenvalue weighted by Gasteiger charge is 2.43. The summed E-state index contributed by atoms with van der Waals surface area (Å²) in [5.74, 6) is 0. The van der Waals surface area contributed by atoms with Crippen LogP contribution in [0.2, 0.25) is 0 Å². The van der Waals surface area contributed by atoms with Crippen LogP contribution in [0.3, 0.4) is 0 Å². The van der Waals surface area contributed by atoms with Crippen molar-refractivity contribution in [3.8, 4) is 0 Å². The Labute approximate surface area is 139 Å². The van der Waals surface area contributed by atoms with Crippen LogP contribution in [-0.2, 0) is 5.60 Å². The standard InChI is InChI=1S/C20H20O2S/c21-20(11-13-5-3-6-14(12-20)23-13)17-9-4-8-16-15-7-1-2-10-18(15)22-19(16)17/h1-2,4,7-10,13-14,21H,3,5-6,11-12H2. The van der Waals surface area contributed by atoms with Crippen LogP contribution < -0.4 is 0 Å². The van der Waals surface area contributed by atoms with Crippen LogP contribution in [0.4, 0.5) is 0 Å². The third-order valence-corrected chi connectivity index (χ3v) is 7.05. The quantitative estimate of drug-likeness (QED) is 0.666. The van der Waals surface area contributed by atoms with Crippen molar-refractivity contribution in [2.24, 2.45) is 0 Å². The first-order valence-corrected chi connectivity index (χ1v) is 9.46. The van der Waals surface area contributed by atoms with Crippen LogP contribution in [0.25, 0.3) is 21.9 Å². The Kier molecular flexibility index (Phi) is 3.04. The van der Waals surface area contributed by atoms with Gasteiger partial charge in [0.25, 0.3) is 0 Å². The summed E-state index contributed by atoms with van der Waals surface area (Å²) in [6, 6.07) is 14.4. The van der Waals surface area contributed by atoms with Gasteiger partial charge in [0.2, 0.25) is 0 Å². The topological polar surface area (TPSA) is 33.4 Å². The molecular formula is C20H20O2S. The van der Waals surface area contributed by atoms with Crippen molar-refractivity contribution in [1.82, 2.24) is 0 Å². The lowest BCUT2D eigenvalue weighted by molar-refractivity contribution is 0.00880. The van der Waals surface area contributed by atoms with Crippen molar-refractivity contribution in [2.45, 2.75) is 48.2 Å². The van der Waals surface area contributed by atoms with Gasteiger partial charge in [-0.15, -0.1) is 0 Å². The molecule has 2 saturated heterocycles. The number of para-hydroxylation sites is 2. The number of furan rings is 1.